The molecule has 4 rings (SSSR count). The van der Waals surface area contributed by atoms with E-state index in [0.29, 0.717) is 17.8 Å². The lowest BCUT2D eigenvalue weighted by molar-refractivity contribution is -0.139. The number of piperidine rings is 1. The number of carbonyl (C=O) groups excluding carboxylic acids is 2. The van der Waals surface area contributed by atoms with Crippen molar-refractivity contribution in [1.29, 1.82) is 5.26 Å². The molecule has 1 atom stereocenters. The van der Waals surface area contributed by atoms with Gasteiger partial charge in [0.2, 0.25) is 5.91 Å². The Kier molecular flexibility index (Phi) is 6.56. The summed E-state index contributed by atoms with van der Waals surface area (Å²) in [6, 6.07) is 7.75. The van der Waals surface area contributed by atoms with E-state index in [1.807, 2.05) is 6.07 Å². The van der Waals surface area contributed by atoms with Crippen molar-refractivity contribution in [2.24, 2.45) is 5.41 Å². The first-order chi connectivity index (χ1) is 15.5. The predicted octanol–water partition coefficient (Wildman–Crippen LogP) is 3.25. The van der Waals surface area contributed by atoms with Gasteiger partial charge in [0.25, 0.3) is 0 Å². The number of carbonyl (C=O) groups is 2. The number of hydrogen-bond acceptors (Lipinski definition) is 6. The van der Waals surface area contributed by atoms with E-state index in [2.05, 4.69) is 21.2 Å². The maximum Gasteiger partial charge on any atom is 0.411 e. The summed E-state index contributed by atoms with van der Waals surface area (Å²) in [4.78, 5) is 29.5. The molecule has 0 aromatic heterocycles. The van der Waals surface area contributed by atoms with E-state index >= 15 is 0 Å². The van der Waals surface area contributed by atoms with Crippen LogP contribution in [-0.2, 0) is 9.53 Å². The number of aliphatic hydroxyl groups excluding tert-OH is 1. The molecular formula is C24H32N4O4. The summed E-state index contributed by atoms with van der Waals surface area (Å²) in [7, 11) is 0. The number of aliphatic hydroxyl groups is 1. The molecule has 1 aromatic rings. The topological polar surface area (TPSA) is 106 Å². The summed E-state index contributed by atoms with van der Waals surface area (Å²) >= 11 is 0. The van der Waals surface area contributed by atoms with Crippen LogP contribution in [-0.4, -0.2) is 60.4 Å². The summed E-state index contributed by atoms with van der Waals surface area (Å²) in [6.45, 7) is 4.19. The molecule has 1 aromatic carbocycles. The smallest absolute Gasteiger partial charge is 0.411 e. The minimum Gasteiger partial charge on any atom is -0.450 e. The summed E-state index contributed by atoms with van der Waals surface area (Å²) in [5, 5.41) is 22.2. The van der Waals surface area contributed by atoms with Crippen LogP contribution in [0.25, 0.3) is 0 Å². The first-order valence-electron chi connectivity index (χ1n) is 11.7. The Morgan fingerprint density at radius 1 is 1.28 bits per heavy atom. The molecule has 3 aliphatic rings. The van der Waals surface area contributed by atoms with Crippen molar-refractivity contribution in [2.75, 3.05) is 36.5 Å². The highest BCUT2D eigenvalue weighted by atomic mass is 16.5. The van der Waals surface area contributed by atoms with Gasteiger partial charge in [-0.3, -0.25) is 10.1 Å². The van der Waals surface area contributed by atoms with Gasteiger partial charge in [-0.25, -0.2) is 4.79 Å². The monoisotopic (exact) mass is 440 g/mol. The zero-order valence-corrected chi connectivity index (χ0v) is 18.7. The summed E-state index contributed by atoms with van der Waals surface area (Å²) < 4.78 is 4.91. The Morgan fingerprint density at radius 3 is 2.78 bits per heavy atom. The largest absolute Gasteiger partial charge is 0.450 e. The molecule has 1 aliphatic carbocycles. The first kappa shape index (κ1) is 22.4. The fourth-order valence-electron chi connectivity index (χ4n) is 5.55. The van der Waals surface area contributed by atoms with E-state index in [0.717, 1.165) is 63.7 Å². The van der Waals surface area contributed by atoms with E-state index in [4.69, 9.17) is 4.74 Å². The second-order valence-corrected chi connectivity index (χ2v) is 9.21. The standard InChI is InChI=1S/C24H32N4O4/c1-2-32-23(31)26-18-4-9-21(17(14-18)15-25)27-12-3-10-24(16-27)11-13-28(22(24)30)19-5-7-20(29)8-6-19/h4,9,14,19-20,29H,2-3,5-8,10-13,16H2,1H3,(H,26,31). The third kappa shape index (κ3) is 4.40. The fourth-order valence-corrected chi connectivity index (χ4v) is 5.55. The average Bonchev–Trinajstić information content (AvgIpc) is 3.09. The normalized spacial score (nSPS) is 28.0. The van der Waals surface area contributed by atoms with Gasteiger partial charge in [-0.15, -0.1) is 0 Å². The lowest BCUT2D eigenvalue weighted by Crippen LogP contribution is -2.50. The van der Waals surface area contributed by atoms with Gasteiger partial charge in [-0.05, 0) is 70.1 Å². The van der Waals surface area contributed by atoms with Crippen molar-refractivity contribution in [1.82, 2.24) is 4.90 Å². The quantitative estimate of drug-likeness (QED) is 0.745. The summed E-state index contributed by atoms with van der Waals surface area (Å²) in [6.07, 6.45) is 5.12. The van der Waals surface area contributed by atoms with Crippen LogP contribution >= 0.6 is 0 Å². The molecule has 172 valence electrons. The molecule has 0 bridgehead atoms. The van der Waals surface area contributed by atoms with Crippen molar-refractivity contribution in [3.63, 3.8) is 0 Å². The van der Waals surface area contributed by atoms with Gasteiger partial charge in [0.15, 0.2) is 0 Å². The minimum atomic E-state index is -0.548. The Bertz CT molecular complexity index is 906. The molecule has 0 radical (unpaired) electrons. The van der Waals surface area contributed by atoms with Gasteiger partial charge in [-0.2, -0.15) is 5.26 Å². The molecule has 2 heterocycles. The van der Waals surface area contributed by atoms with Crippen molar-refractivity contribution in [3.8, 4) is 6.07 Å². The molecule has 2 aliphatic heterocycles. The third-order valence-electron chi connectivity index (χ3n) is 7.21. The van der Waals surface area contributed by atoms with Crippen LogP contribution < -0.4 is 10.2 Å². The van der Waals surface area contributed by atoms with E-state index in [-0.39, 0.29) is 24.7 Å². The van der Waals surface area contributed by atoms with Crippen molar-refractivity contribution in [2.45, 2.75) is 64.0 Å². The molecule has 2 N–H and O–H groups in total. The number of nitrogens with zero attached hydrogens (tertiary/aromatic N) is 3. The lowest BCUT2D eigenvalue weighted by Gasteiger charge is -2.41. The molecule has 1 saturated carbocycles. The number of benzene rings is 1. The van der Waals surface area contributed by atoms with Crippen LogP contribution in [0.3, 0.4) is 0 Å². The van der Waals surface area contributed by atoms with Crippen LogP contribution in [0.4, 0.5) is 16.2 Å². The van der Waals surface area contributed by atoms with Gasteiger partial charge < -0.3 is 19.6 Å². The van der Waals surface area contributed by atoms with Crippen molar-refractivity contribution in [3.05, 3.63) is 23.8 Å². The predicted molar refractivity (Wildman–Crippen MR) is 120 cm³/mol. The zero-order chi connectivity index (χ0) is 22.7. The Hall–Kier alpha value is -2.79. The van der Waals surface area contributed by atoms with Crippen LogP contribution in [0.5, 0.6) is 0 Å². The number of rotatable bonds is 4. The molecule has 3 fully saturated rings. The molecule has 1 unspecified atom stereocenters. The number of likely N-dealkylation sites (tertiary alicyclic amines) is 1. The number of ether oxygens (including phenoxy) is 1. The van der Waals surface area contributed by atoms with Crippen molar-refractivity contribution < 1.29 is 19.4 Å². The van der Waals surface area contributed by atoms with Gasteiger partial charge in [0.1, 0.15) is 6.07 Å². The second kappa shape index (κ2) is 9.37. The Labute approximate surface area is 189 Å². The van der Waals surface area contributed by atoms with Gasteiger partial charge >= 0.3 is 6.09 Å². The number of anilines is 2. The maximum absolute atomic E-state index is 13.5. The number of amides is 2. The number of nitriles is 1. The zero-order valence-electron chi connectivity index (χ0n) is 18.7. The molecule has 2 saturated heterocycles. The van der Waals surface area contributed by atoms with Gasteiger partial charge in [0.05, 0.1) is 29.4 Å². The van der Waals surface area contributed by atoms with Crippen LogP contribution in [0.2, 0.25) is 0 Å². The SMILES string of the molecule is CCOC(=O)Nc1ccc(N2CCCC3(CCN(C4CCC(O)CC4)C3=O)C2)c(C#N)c1. The molecule has 32 heavy (non-hydrogen) atoms. The number of nitrogens with one attached hydrogen (secondary N) is 1. The average molecular weight is 441 g/mol. The van der Waals surface area contributed by atoms with Gasteiger partial charge in [-0.1, -0.05) is 0 Å². The summed E-state index contributed by atoms with van der Waals surface area (Å²) in [5.74, 6) is 0.239. The van der Waals surface area contributed by atoms with Crippen molar-refractivity contribution >= 4 is 23.4 Å². The van der Waals surface area contributed by atoms with E-state index < -0.39 is 11.5 Å². The van der Waals surface area contributed by atoms with Crippen LogP contribution in [0, 0.1) is 16.7 Å². The van der Waals surface area contributed by atoms with Gasteiger partial charge in [0, 0.05) is 31.4 Å². The highest BCUT2D eigenvalue weighted by molar-refractivity contribution is 5.87. The first-order valence-corrected chi connectivity index (χ1v) is 11.7. The summed E-state index contributed by atoms with van der Waals surface area (Å²) in [5.41, 5.74) is 1.38. The highest BCUT2D eigenvalue weighted by Gasteiger charge is 2.50. The Balaban J connectivity index is 1.49. The molecule has 8 heteroatoms. The minimum absolute atomic E-state index is 0.228. The van der Waals surface area contributed by atoms with E-state index in [1.165, 1.54) is 0 Å². The second-order valence-electron chi connectivity index (χ2n) is 9.21. The molecule has 2 amide bonds. The lowest BCUT2D eigenvalue weighted by atomic mass is 9.78. The van der Waals surface area contributed by atoms with E-state index in [1.54, 1.807) is 19.1 Å². The van der Waals surface area contributed by atoms with Crippen LogP contribution in [0.1, 0.15) is 57.4 Å². The fraction of sp³-hybridized carbons (Fsp3) is 0.625. The van der Waals surface area contributed by atoms with E-state index in [9.17, 15) is 20.0 Å². The molecule has 8 nitrogen and oxygen atoms in total. The third-order valence-corrected chi connectivity index (χ3v) is 7.21. The van der Waals surface area contributed by atoms with Crippen LogP contribution in [0.15, 0.2) is 18.2 Å². The molecular weight excluding hydrogens is 408 g/mol. The Morgan fingerprint density at radius 2 is 2.06 bits per heavy atom. The molecule has 1 spiro atoms. The highest BCUT2D eigenvalue weighted by Crippen LogP contribution is 2.44. The maximum atomic E-state index is 13.5. The number of hydrogen-bond donors (Lipinski definition) is 2.